The van der Waals surface area contributed by atoms with Crippen LogP contribution < -0.4 is 9.64 Å². The van der Waals surface area contributed by atoms with E-state index in [4.69, 9.17) is 19.7 Å². The number of anilines is 3. The number of nitrogens with zero attached hydrogens (tertiary/aromatic N) is 6. The fourth-order valence-electron chi connectivity index (χ4n) is 7.84. The number of rotatable bonds is 4. The van der Waals surface area contributed by atoms with Gasteiger partial charge in [-0.2, -0.15) is 0 Å². The van der Waals surface area contributed by atoms with Crippen molar-refractivity contribution in [3.63, 3.8) is 0 Å². The third-order valence-electron chi connectivity index (χ3n) is 10.2. The molecular formula is C45H26N6OS2. The Kier molecular flexibility index (Phi) is 6.25. The maximum absolute atomic E-state index is 6.52. The van der Waals surface area contributed by atoms with Gasteiger partial charge in [-0.05, 0) is 48.5 Å². The largest absolute Gasteiger partial charge is 0.453 e. The lowest BCUT2D eigenvalue weighted by molar-refractivity contribution is 0.477. The van der Waals surface area contributed by atoms with Gasteiger partial charge in [-0.25, -0.2) is 15.0 Å². The van der Waals surface area contributed by atoms with Crippen molar-refractivity contribution in [3.05, 3.63) is 158 Å². The number of imidazole rings is 2. The van der Waals surface area contributed by atoms with Gasteiger partial charge in [0.2, 0.25) is 5.78 Å². The molecule has 0 amide bonds. The summed E-state index contributed by atoms with van der Waals surface area (Å²) in [6.07, 6.45) is 0. The molecule has 254 valence electrons. The van der Waals surface area contributed by atoms with E-state index in [-0.39, 0.29) is 0 Å². The molecule has 0 aliphatic carbocycles. The number of thiazole rings is 2. The standard InChI is InChI=1S/C45H26N6OS2/c1-3-15-27(16-4-1)43-47-37-39(49-33-23-11-13-25-35(33)52-36-26-14-12-24-34(36)49)41-38(48-44(53-41)28-17-5-2-6-18-28)40(42(37)54-43)51-32-22-10-9-21-31(32)50-30-20-8-7-19-29(30)46-45(50)51/h1-26H. The Hall–Kier alpha value is -6.81. The van der Waals surface area contributed by atoms with Crippen LogP contribution in [0.2, 0.25) is 0 Å². The SMILES string of the molecule is c1ccc(-c2nc3c(-n4c5ccccc5n5c6ccccc6nc45)c4sc(-c5ccccc5)nc4c(N4c5ccccc5Oc5ccccc54)c3s2)cc1. The molecule has 0 radical (unpaired) electrons. The molecule has 7 aromatic carbocycles. The van der Waals surface area contributed by atoms with Crippen molar-refractivity contribution in [3.8, 4) is 38.3 Å². The van der Waals surface area contributed by atoms with E-state index in [2.05, 4.69) is 129 Å². The number of fused-ring (bicyclic) bond motifs is 9. The quantitative estimate of drug-likeness (QED) is 0.180. The molecule has 0 saturated carbocycles. The van der Waals surface area contributed by atoms with Crippen molar-refractivity contribution in [2.24, 2.45) is 0 Å². The van der Waals surface area contributed by atoms with Gasteiger partial charge >= 0.3 is 0 Å². The Balaban J connectivity index is 1.30. The molecule has 0 spiro atoms. The molecule has 9 heteroatoms. The highest BCUT2D eigenvalue weighted by atomic mass is 32.1. The summed E-state index contributed by atoms with van der Waals surface area (Å²) in [4.78, 5) is 18.8. The molecule has 7 nitrogen and oxygen atoms in total. The molecule has 1 aliphatic rings. The topological polar surface area (TPSA) is 60.5 Å². The van der Waals surface area contributed by atoms with E-state index < -0.39 is 0 Å². The molecule has 0 unspecified atom stereocenters. The van der Waals surface area contributed by atoms with Crippen LogP contribution in [-0.2, 0) is 0 Å². The Morgan fingerprint density at radius 1 is 0.444 bits per heavy atom. The number of hydrogen-bond acceptors (Lipinski definition) is 7. The van der Waals surface area contributed by atoms with Crippen LogP contribution in [0.15, 0.2) is 158 Å². The van der Waals surface area contributed by atoms with Crippen LogP contribution in [0.3, 0.4) is 0 Å². The lowest BCUT2D eigenvalue weighted by Gasteiger charge is -2.33. The van der Waals surface area contributed by atoms with E-state index in [1.165, 1.54) is 0 Å². The molecule has 0 atom stereocenters. The lowest BCUT2D eigenvalue weighted by atomic mass is 10.1. The second kappa shape index (κ2) is 11.3. The fourth-order valence-corrected chi connectivity index (χ4v) is 10.1. The number of aromatic nitrogens is 5. The van der Waals surface area contributed by atoms with Crippen molar-refractivity contribution in [1.29, 1.82) is 0 Å². The average Bonchev–Trinajstić information content (AvgIpc) is 4.02. The van der Waals surface area contributed by atoms with Gasteiger partial charge in [0.15, 0.2) is 11.5 Å². The summed E-state index contributed by atoms with van der Waals surface area (Å²) in [5.74, 6) is 2.41. The second-order valence-corrected chi connectivity index (χ2v) is 15.3. The van der Waals surface area contributed by atoms with Crippen LogP contribution in [0.4, 0.5) is 17.1 Å². The Labute approximate surface area is 316 Å². The summed E-state index contributed by atoms with van der Waals surface area (Å²) in [6.45, 7) is 0. The van der Waals surface area contributed by atoms with Crippen molar-refractivity contribution < 1.29 is 4.74 Å². The Morgan fingerprint density at radius 2 is 0.944 bits per heavy atom. The Bertz CT molecular complexity index is 3130. The highest BCUT2D eigenvalue weighted by Crippen LogP contribution is 2.57. The first-order valence-electron chi connectivity index (χ1n) is 17.7. The fraction of sp³-hybridized carbons (Fsp3) is 0. The van der Waals surface area contributed by atoms with E-state index >= 15 is 0 Å². The second-order valence-electron chi connectivity index (χ2n) is 13.3. The summed E-state index contributed by atoms with van der Waals surface area (Å²) in [7, 11) is 0. The van der Waals surface area contributed by atoms with Gasteiger partial charge in [-0.15, -0.1) is 22.7 Å². The van der Waals surface area contributed by atoms with Gasteiger partial charge in [0.1, 0.15) is 21.0 Å². The van der Waals surface area contributed by atoms with Crippen LogP contribution >= 0.6 is 22.7 Å². The Morgan fingerprint density at radius 3 is 1.59 bits per heavy atom. The monoisotopic (exact) mass is 730 g/mol. The highest BCUT2D eigenvalue weighted by molar-refractivity contribution is 7.24. The first kappa shape index (κ1) is 29.7. The molecule has 0 N–H and O–H groups in total. The summed E-state index contributed by atoms with van der Waals surface area (Å²) in [5, 5.41) is 1.87. The predicted molar refractivity (Wildman–Crippen MR) is 222 cm³/mol. The number of ether oxygens (including phenoxy) is 1. The summed E-state index contributed by atoms with van der Waals surface area (Å²) >= 11 is 3.40. The molecular weight excluding hydrogens is 705 g/mol. The number of para-hydroxylation sites is 8. The van der Waals surface area contributed by atoms with Gasteiger partial charge in [-0.3, -0.25) is 13.9 Å². The first-order chi connectivity index (χ1) is 26.8. The summed E-state index contributed by atoms with van der Waals surface area (Å²) < 4.78 is 13.2. The molecule has 54 heavy (non-hydrogen) atoms. The zero-order chi connectivity index (χ0) is 35.3. The van der Waals surface area contributed by atoms with Crippen molar-refractivity contribution in [2.75, 3.05) is 4.90 Å². The van der Waals surface area contributed by atoms with Crippen LogP contribution in [0.1, 0.15) is 0 Å². The van der Waals surface area contributed by atoms with Crippen molar-refractivity contribution >= 4 is 88.0 Å². The highest BCUT2D eigenvalue weighted by Gasteiger charge is 2.34. The van der Waals surface area contributed by atoms with Crippen LogP contribution in [0.25, 0.3) is 75.1 Å². The van der Waals surface area contributed by atoms with Crippen LogP contribution in [0.5, 0.6) is 11.5 Å². The van der Waals surface area contributed by atoms with Crippen LogP contribution in [-0.4, -0.2) is 23.9 Å². The maximum atomic E-state index is 6.52. The third-order valence-corrected chi connectivity index (χ3v) is 12.4. The van der Waals surface area contributed by atoms with Gasteiger partial charge in [-0.1, -0.05) is 109 Å². The van der Waals surface area contributed by atoms with E-state index in [9.17, 15) is 0 Å². The van der Waals surface area contributed by atoms with Gasteiger partial charge < -0.3 is 4.74 Å². The van der Waals surface area contributed by atoms with Crippen LogP contribution in [0, 0.1) is 0 Å². The minimum atomic E-state index is 0.787. The molecule has 1 aliphatic heterocycles. The maximum Gasteiger partial charge on any atom is 0.220 e. The number of benzene rings is 7. The molecule has 0 bridgehead atoms. The molecule has 0 saturated heterocycles. The molecule has 0 fully saturated rings. The third kappa shape index (κ3) is 4.19. The van der Waals surface area contributed by atoms with E-state index in [0.29, 0.717) is 0 Å². The molecule has 11 aromatic rings. The molecule has 12 rings (SSSR count). The average molecular weight is 731 g/mol. The normalized spacial score (nSPS) is 12.6. The van der Waals surface area contributed by atoms with Gasteiger partial charge in [0.25, 0.3) is 0 Å². The molecule has 5 heterocycles. The summed E-state index contributed by atoms with van der Waals surface area (Å²) in [6, 6.07) is 54.3. The molecule has 4 aromatic heterocycles. The van der Waals surface area contributed by atoms with Crippen molar-refractivity contribution in [2.45, 2.75) is 0 Å². The number of hydrogen-bond donors (Lipinski definition) is 0. The minimum Gasteiger partial charge on any atom is -0.453 e. The van der Waals surface area contributed by atoms with E-state index in [0.717, 1.165) is 104 Å². The van der Waals surface area contributed by atoms with E-state index in [1.54, 1.807) is 22.7 Å². The zero-order valence-corrected chi connectivity index (χ0v) is 30.1. The van der Waals surface area contributed by atoms with Crippen molar-refractivity contribution in [1.82, 2.24) is 23.9 Å². The lowest BCUT2D eigenvalue weighted by Crippen LogP contribution is -2.16. The van der Waals surface area contributed by atoms with E-state index in [1.807, 2.05) is 42.5 Å². The minimum absolute atomic E-state index is 0.787. The van der Waals surface area contributed by atoms with Gasteiger partial charge in [0.05, 0.1) is 54.2 Å². The summed E-state index contributed by atoms with van der Waals surface area (Å²) in [5.41, 5.74) is 11.9. The van der Waals surface area contributed by atoms with Gasteiger partial charge in [0, 0.05) is 11.1 Å². The predicted octanol–water partition coefficient (Wildman–Crippen LogP) is 12.6. The smallest absolute Gasteiger partial charge is 0.220 e. The zero-order valence-electron chi connectivity index (χ0n) is 28.4. The first-order valence-corrected chi connectivity index (χ1v) is 19.3.